The first kappa shape index (κ1) is 19.6. The second kappa shape index (κ2) is 8.05. The Morgan fingerprint density at radius 1 is 1.13 bits per heavy atom. The van der Waals surface area contributed by atoms with E-state index in [1.807, 2.05) is 34.9 Å². The van der Waals surface area contributed by atoms with Crippen molar-refractivity contribution < 1.29 is 0 Å². The van der Waals surface area contributed by atoms with Gasteiger partial charge in [0, 0.05) is 10.6 Å². The predicted octanol–water partition coefficient (Wildman–Crippen LogP) is 6.17. The van der Waals surface area contributed by atoms with Gasteiger partial charge in [-0.05, 0) is 55.4 Å². The van der Waals surface area contributed by atoms with Crippen molar-refractivity contribution in [2.24, 2.45) is 5.92 Å². The van der Waals surface area contributed by atoms with E-state index in [1.165, 1.54) is 21.6 Å². The average Bonchev–Trinajstić information content (AvgIpc) is 3.11. The zero-order chi connectivity index (χ0) is 20.7. The van der Waals surface area contributed by atoms with E-state index in [-0.39, 0.29) is 5.56 Å². The lowest BCUT2D eigenvalue weighted by atomic mass is 9.89. The van der Waals surface area contributed by atoms with Crippen LogP contribution < -0.4 is 5.56 Å². The molecule has 0 saturated carbocycles. The third-order valence-electron chi connectivity index (χ3n) is 5.80. The van der Waals surface area contributed by atoms with E-state index < -0.39 is 0 Å². The van der Waals surface area contributed by atoms with Gasteiger partial charge in [0.1, 0.15) is 4.83 Å². The van der Waals surface area contributed by atoms with Crippen LogP contribution in [0.5, 0.6) is 0 Å². The Hall–Kier alpha value is -2.37. The first-order valence-electron chi connectivity index (χ1n) is 10.4. The van der Waals surface area contributed by atoms with Gasteiger partial charge < -0.3 is 0 Å². The van der Waals surface area contributed by atoms with Crippen molar-refractivity contribution in [2.45, 2.75) is 44.0 Å². The molecule has 0 saturated heterocycles. The summed E-state index contributed by atoms with van der Waals surface area (Å²) in [6, 6.07) is 18.5. The fourth-order valence-electron chi connectivity index (χ4n) is 4.11. The monoisotopic (exact) mass is 432 g/mol. The maximum Gasteiger partial charge on any atom is 0.267 e. The summed E-state index contributed by atoms with van der Waals surface area (Å²) in [7, 11) is 0. The molecular weight excluding hydrogens is 408 g/mol. The van der Waals surface area contributed by atoms with Crippen LogP contribution in [0.1, 0.15) is 34.9 Å². The van der Waals surface area contributed by atoms with Crippen LogP contribution >= 0.6 is 23.1 Å². The minimum absolute atomic E-state index is 0.0754. The Balaban J connectivity index is 1.67. The molecule has 0 spiro atoms. The summed E-state index contributed by atoms with van der Waals surface area (Å²) in [5.74, 6) is 1.46. The molecule has 3 nitrogen and oxygen atoms in total. The molecule has 2 heterocycles. The molecule has 0 amide bonds. The number of aryl methyl sites for hydroxylation is 2. The van der Waals surface area contributed by atoms with Gasteiger partial charge in [-0.3, -0.25) is 9.36 Å². The van der Waals surface area contributed by atoms with Crippen LogP contribution in [0.4, 0.5) is 0 Å². The quantitative estimate of drug-likeness (QED) is 0.286. The molecule has 0 aliphatic heterocycles. The highest BCUT2D eigenvalue weighted by Crippen LogP contribution is 2.37. The molecule has 1 aliphatic carbocycles. The summed E-state index contributed by atoms with van der Waals surface area (Å²) in [6.45, 7) is 4.36. The predicted molar refractivity (Wildman–Crippen MR) is 127 cm³/mol. The Morgan fingerprint density at radius 3 is 2.67 bits per heavy atom. The van der Waals surface area contributed by atoms with Crippen molar-refractivity contribution in [1.29, 1.82) is 0 Å². The summed E-state index contributed by atoms with van der Waals surface area (Å²) in [4.78, 5) is 21.1. The van der Waals surface area contributed by atoms with Crippen molar-refractivity contribution in [3.63, 3.8) is 0 Å². The summed E-state index contributed by atoms with van der Waals surface area (Å²) in [5.41, 5.74) is 4.62. The number of thioether (sulfide) groups is 1. The maximum atomic E-state index is 13.8. The zero-order valence-corrected chi connectivity index (χ0v) is 18.9. The first-order chi connectivity index (χ1) is 14.6. The minimum atomic E-state index is 0.0754. The molecule has 30 heavy (non-hydrogen) atoms. The highest BCUT2D eigenvalue weighted by Gasteiger charge is 2.25. The third kappa shape index (κ3) is 3.61. The summed E-state index contributed by atoms with van der Waals surface area (Å²) in [6.07, 6.45) is 3.19. The van der Waals surface area contributed by atoms with Crippen LogP contribution in [-0.2, 0) is 18.6 Å². The molecule has 0 fully saturated rings. The van der Waals surface area contributed by atoms with E-state index in [0.717, 1.165) is 46.1 Å². The number of hydrogen-bond acceptors (Lipinski definition) is 4. The van der Waals surface area contributed by atoms with E-state index >= 15 is 0 Å². The van der Waals surface area contributed by atoms with Gasteiger partial charge in [-0.15, -0.1) is 11.3 Å². The maximum absolute atomic E-state index is 13.8. The number of aromatic nitrogens is 2. The van der Waals surface area contributed by atoms with E-state index in [2.05, 4.69) is 38.1 Å². The molecule has 5 heteroatoms. The topological polar surface area (TPSA) is 34.9 Å². The summed E-state index contributed by atoms with van der Waals surface area (Å²) >= 11 is 3.36. The van der Waals surface area contributed by atoms with Crippen molar-refractivity contribution in [1.82, 2.24) is 9.55 Å². The molecule has 1 unspecified atom stereocenters. The molecule has 2 aromatic heterocycles. The Labute approximate surface area is 184 Å². The van der Waals surface area contributed by atoms with Crippen LogP contribution in [-0.4, -0.2) is 9.55 Å². The van der Waals surface area contributed by atoms with E-state index in [0.29, 0.717) is 5.92 Å². The lowest BCUT2D eigenvalue weighted by Gasteiger charge is -2.18. The van der Waals surface area contributed by atoms with Gasteiger partial charge in [0.2, 0.25) is 0 Å². The fraction of sp³-hybridized carbons (Fsp3) is 0.280. The fourth-order valence-corrected chi connectivity index (χ4v) is 6.50. The smallest absolute Gasteiger partial charge is 0.267 e. The SMILES string of the molecule is Cc1ccc(-n2c(SCc3ccccc3)nc3sc4c(c3c2=O)CCC(C)C4)cc1. The van der Waals surface area contributed by atoms with Crippen LogP contribution in [0.15, 0.2) is 64.5 Å². The Kier molecular flexibility index (Phi) is 5.25. The highest BCUT2D eigenvalue weighted by atomic mass is 32.2. The van der Waals surface area contributed by atoms with Crippen molar-refractivity contribution >= 4 is 33.3 Å². The molecule has 0 N–H and O–H groups in total. The number of benzene rings is 2. The van der Waals surface area contributed by atoms with E-state index in [9.17, 15) is 4.79 Å². The molecular formula is C25H24N2OS2. The van der Waals surface area contributed by atoms with E-state index in [4.69, 9.17) is 4.98 Å². The van der Waals surface area contributed by atoms with Crippen LogP contribution in [0.2, 0.25) is 0 Å². The van der Waals surface area contributed by atoms with Gasteiger partial charge in [-0.1, -0.05) is 66.7 Å². The van der Waals surface area contributed by atoms with Crippen molar-refractivity contribution in [3.05, 3.63) is 86.5 Å². The van der Waals surface area contributed by atoms with E-state index in [1.54, 1.807) is 23.1 Å². The second-order valence-electron chi connectivity index (χ2n) is 8.18. The molecule has 5 rings (SSSR count). The first-order valence-corrected chi connectivity index (χ1v) is 12.2. The molecule has 2 aromatic carbocycles. The third-order valence-corrected chi connectivity index (χ3v) is 7.96. The molecule has 1 atom stereocenters. The number of fused-ring (bicyclic) bond motifs is 3. The summed E-state index contributed by atoms with van der Waals surface area (Å²) in [5, 5.41) is 1.61. The lowest BCUT2D eigenvalue weighted by Crippen LogP contribution is -2.22. The number of nitrogens with zero attached hydrogens (tertiary/aromatic N) is 2. The van der Waals surface area contributed by atoms with Gasteiger partial charge in [-0.2, -0.15) is 0 Å². The number of rotatable bonds is 4. The standard InChI is InChI=1S/C25H24N2OS2/c1-16-8-11-19(12-9-16)27-24(28)22-20-13-10-17(2)14-21(20)30-23(22)26-25(27)29-15-18-6-4-3-5-7-18/h3-9,11-12,17H,10,13-15H2,1-2H3. The zero-order valence-electron chi connectivity index (χ0n) is 17.2. The average molecular weight is 433 g/mol. The molecule has 0 bridgehead atoms. The van der Waals surface area contributed by atoms with Crippen LogP contribution in [0, 0.1) is 12.8 Å². The Bertz CT molecular complexity index is 1260. The van der Waals surface area contributed by atoms with Gasteiger partial charge in [0.25, 0.3) is 5.56 Å². The largest absolute Gasteiger partial charge is 0.268 e. The van der Waals surface area contributed by atoms with Crippen molar-refractivity contribution in [3.8, 4) is 5.69 Å². The Morgan fingerprint density at radius 2 is 1.90 bits per heavy atom. The summed E-state index contributed by atoms with van der Waals surface area (Å²) < 4.78 is 1.82. The number of thiophene rings is 1. The van der Waals surface area contributed by atoms with Gasteiger partial charge in [0.15, 0.2) is 5.16 Å². The van der Waals surface area contributed by atoms with Crippen LogP contribution in [0.3, 0.4) is 0 Å². The normalized spacial score (nSPS) is 16.0. The molecule has 152 valence electrons. The van der Waals surface area contributed by atoms with Gasteiger partial charge in [-0.25, -0.2) is 4.98 Å². The lowest BCUT2D eigenvalue weighted by molar-refractivity contribution is 0.509. The molecule has 1 aliphatic rings. The van der Waals surface area contributed by atoms with Crippen molar-refractivity contribution in [2.75, 3.05) is 0 Å². The minimum Gasteiger partial charge on any atom is -0.268 e. The van der Waals surface area contributed by atoms with Gasteiger partial charge in [0.05, 0.1) is 11.1 Å². The second-order valence-corrected chi connectivity index (χ2v) is 10.2. The number of hydrogen-bond donors (Lipinski definition) is 0. The molecule has 0 radical (unpaired) electrons. The van der Waals surface area contributed by atoms with Crippen LogP contribution in [0.25, 0.3) is 15.9 Å². The molecule has 4 aromatic rings. The highest BCUT2D eigenvalue weighted by molar-refractivity contribution is 7.98. The van der Waals surface area contributed by atoms with Gasteiger partial charge >= 0.3 is 0 Å².